The summed E-state index contributed by atoms with van der Waals surface area (Å²) in [7, 11) is 0. The molecule has 0 aromatic heterocycles. The summed E-state index contributed by atoms with van der Waals surface area (Å²) in [6.45, 7) is 0. The van der Waals surface area contributed by atoms with Crippen molar-refractivity contribution in [2.75, 3.05) is 0 Å². The first kappa shape index (κ1) is 12.4. The molecule has 1 heterocycles. The number of hydrogen-bond acceptors (Lipinski definition) is 6. The third-order valence-corrected chi connectivity index (χ3v) is 2.36. The van der Waals surface area contributed by atoms with Gasteiger partial charge in [-0.1, -0.05) is 23.2 Å². The number of ether oxygens (including phenoxy) is 1. The SMILES string of the molecule is OC1O[C@H](C(O)(Cl)Cl)[C@@H](O)[C@H](O)[C@H]1O. The molecule has 1 fully saturated rings. The van der Waals surface area contributed by atoms with Gasteiger partial charge in [-0.15, -0.1) is 0 Å². The van der Waals surface area contributed by atoms with Gasteiger partial charge in [-0.25, -0.2) is 0 Å². The van der Waals surface area contributed by atoms with Crippen LogP contribution in [0, 0.1) is 0 Å². The molecule has 14 heavy (non-hydrogen) atoms. The van der Waals surface area contributed by atoms with Crippen LogP contribution in [0.5, 0.6) is 0 Å². The quantitative estimate of drug-likeness (QED) is 0.341. The van der Waals surface area contributed by atoms with E-state index in [1.165, 1.54) is 0 Å². The maximum absolute atomic E-state index is 9.29. The van der Waals surface area contributed by atoms with Gasteiger partial charge in [0.2, 0.25) is 4.52 Å². The Labute approximate surface area is 89.2 Å². The highest BCUT2D eigenvalue weighted by molar-refractivity contribution is 6.47. The normalized spacial score (nSPS) is 45.2. The number of alkyl halides is 2. The van der Waals surface area contributed by atoms with Crippen molar-refractivity contribution in [3.05, 3.63) is 0 Å². The van der Waals surface area contributed by atoms with Crippen molar-refractivity contribution in [3.63, 3.8) is 0 Å². The average Bonchev–Trinajstić information content (AvgIpc) is 2.06. The molecule has 0 aliphatic carbocycles. The van der Waals surface area contributed by atoms with Crippen LogP contribution in [0.3, 0.4) is 0 Å². The van der Waals surface area contributed by atoms with E-state index in [0.29, 0.717) is 0 Å². The molecule has 0 amide bonds. The fourth-order valence-corrected chi connectivity index (χ4v) is 1.51. The van der Waals surface area contributed by atoms with Crippen LogP contribution in [0.4, 0.5) is 0 Å². The highest BCUT2D eigenvalue weighted by Crippen LogP contribution is 2.32. The van der Waals surface area contributed by atoms with E-state index >= 15 is 0 Å². The molecule has 0 aromatic carbocycles. The number of halogens is 2. The number of rotatable bonds is 1. The lowest BCUT2D eigenvalue weighted by Gasteiger charge is -2.40. The molecule has 1 saturated heterocycles. The van der Waals surface area contributed by atoms with Crippen LogP contribution in [0.2, 0.25) is 0 Å². The van der Waals surface area contributed by atoms with E-state index in [-0.39, 0.29) is 0 Å². The first-order chi connectivity index (χ1) is 6.25. The first-order valence-electron chi connectivity index (χ1n) is 3.73. The van der Waals surface area contributed by atoms with Crippen molar-refractivity contribution in [2.45, 2.75) is 35.2 Å². The minimum Gasteiger partial charge on any atom is -0.387 e. The van der Waals surface area contributed by atoms with Gasteiger partial charge >= 0.3 is 0 Å². The lowest BCUT2D eigenvalue weighted by molar-refractivity contribution is -0.294. The molecular formula is C6H10Cl2O6. The third-order valence-electron chi connectivity index (χ3n) is 1.93. The first-order valence-corrected chi connectivity index (χ1v) is 4.48. The van der Waals surface area contributed by atoms with Crippen molar-refractivity contribution < 1.29 is 30.3 Å². The minimum atomic E-state index is -2.47. The van der Waals surface area contributed by atoms with Crippen molar-refractivity contribution in [1.82, 2.24) is 0 Å². The summed E-state index contributed by atoms with van der Waals surface area (Å²) in [5.74, 6) is 0. The molecule has 6 nitrogen and oxygen atoms in total. The fraction of sp³-hybridized carbons (Fsp3) is 1.00. The van der Waals surface area contributed by atoms with Crippen LogP contribution in [0.1, 0.15) is 0 Å². The van der Waals surface area contributed by atoms with E-state index in [9.17, 15) is 10.2 Å². The van der Waals surface area contributed by atoms with Gasteiger partial charge in [-0.3, -0.25) is 0 Å². The van der Waals surface area contributed by atoms with Crippen LogP contribution in [-0.4, -0.2) is 60.8 Å². The Balaban J connectivity index is 2.81. The summed E-state index contributed by atoms with van der Waals surface area (Å²) < 4.78 is 2.06. The predicted octanol–water partition coefficient (Wildman–Crippen LogP) is -2.09. The van der Waals surface area contributed by atoms with Crippen LogP contribution in [0.25, 0.3) is 0 Å². The summed E-state index contributed by atoms with van der Waals surface area (Å²) in [5, 5.41) is 45.6. The molecule has 0 spiro atoms. The fourth-order valence-electron chi connectivity index (χ4n) is 1.15. The van der Waals surface area contributed by atoms with Crippen molar-refractivity contribution >= 4 is 23.2 Å². The molecule has 1 aliphatic rings. The predicted molar refractivity (Wildman–Crippen MR) is 45.6 cm³/mol. The molecule has 0 bridgehead atoms. The zero-order chi connectivity index (χ0) is 11.1. The maximum atomic E-state index is 9.29. The van der Waals surface area contributed by atoms with Gasteiger partial charge in [0.05, 0.1) is 0 Å². The molecule has 8 heteroatoms. The monoisotopic (exact) mass is 248 g/mol. The molecule has 1 unspecified atom stereocenters. The van der Waals surface area contributed by atoms with Gasteiger partial charge in [-0.05, 0) is 0 Å². The van der Waals surface area contributed by atoms with E-state index in [0.717, 1.165) is 0 Å². The third kappa shape index (κ3) is 2.29. The molecular weight excluding hydrogens is 239 g/mol. The number of hydrogen-bond donors (Lipinski definition) is 5. The van der Waals surface area contributed by atoms with E-state index in [1.54, 1.807) is 0 Å². The second kappa shape index (κ2) is 4.07. The summed E-state index contributed by atoms with van der Waals surface area (Å²) in [6, 6.07) is 0. The average molecular weight is 249 g/mol. The Hall–Kier alpha value is 0.340. The molecule has 1 aliphatic heterocycles. The zero-order valence-corrected chi connectivity index (χ0v) is 8.30. The number of aliphatic hydroxyl groups excluding tert-OH is 4. The molecule has 0 saturated carbocycles. The van der Waals surface area contributed by atoms with E-state index < -0.39 is 35.2 Å². The summed E-state index contributed by atoms with van der Waals surface area (Å²) in [4.78, 5) is 0. The standard InChI is InChI=1S/C6H10Cl2O6/c7-6(8,13)4-2(10)1(9)3(11)5(12)14-4/h1-5,9-13H/t1-,2-,3+,4-,5?/m0/s1. The van der Waals surface area contributed by atoms with E-state index in [4.69, 9.17) is 38.5 Å². The van der Waals surface area contributed by atoms with E-state index in [2.05, 4.69) is 4.74 Å². The van der Waals surface area contributed by atoms with Gasteiger partial charge < -0.3 is 30.3 Å². The maximum Gasteiger partial charge on any atom is 0.244 e. The van der Waals surface area contributed by atoms with E-state index in [1.807, 2.05) is 0 Å². The van der Waals surface area contributed by atoms with Gasteiger partial charge in [0, 0.05) is 0 Å². The molecule has 0 aromatic rings. The highest BCUT2D eigenvalue weighted by Gasteiger charge is 2.51. The van der Waals surface area contributed by atoms with Gasteiger partial charge in [0.25, 0.3) is 0 Å². The summed E-state index contributed by atoms with van der Waals surface area (Å²) in [6.07, 6.45) is -8.47. The Kier molecular flexibility index (Phi) is 3.61. The zero-order valence-electron chi connectivity index (χ0n) is 6.79. The van der Waals surface area contributed by atoms with Crippen LogP contribution in [0.15, 0.2) is 0 Å². The Morgan fingerprint density at radius 3 is 1.86 bits per heavy atom. The molecule has 1 rings (SSSR count). The lowest BCUT2D eigenvalue weighted by Crippen LogP contribution is -2.61. The number of aliphatic hydroxyl groups is 5. The summed E-state index contributed by atoms with van der Waals surface area (Å²) >= 11 is 10.4. The second-order valence-electron chi connectivity index (χ2n) is 3.01. The Bertz CT molecular complexity index is 207. The Morgan fingerprint density at radius 2 is 1.43 bits per heavy atom. The lowest BCUT2D eigenvalue weighted by atomic mass is 9.99. The largest absolute Gasteiger partial charge is 0.387 e. The molecule has 5 atom stereocenters. The summed E-state index contributed by atoms with van der Waals surface area (Å²) in [5.41, 5.74) is 0. The van der Waals surface area contributed by atoms with Gasteiger partial charge in [0.1, 0.15) is 24.4 Å². The molecule has 84 valence electrons. The second-order valence-corrected chi connectivity index (χ2v) is 4.35. The van der Waals surface area contributed by atoms with Crippen molar-refractivity contribution in [3.8, 4) is 0 Å². The van der Waals surface area contributed by atoms with Crippen LogP contribution >= 0.6 is 23.2 Å². The Morgan fingerprint density at radius 1 is 0.929 bits per heavy atom. The van der Waals surface area contributed by atoms with Crippen LogP contribution in [-0.2, 0) is 4.74 Å². The van der Waals surface area contributed by atoms with Crippen LogP contribution < -0.4 is 0 Å². The molecule has 0 radical (unpaired) electrons. The smallest absolute Gasteiger partial charge is 0.244 e. The molecule has 5 N–H and O–H groups in total. The van der Waals surface area contributed by atoms with Gasteiger partial charge in [0.15, 0.2) is 6.29 Å². The highest BCUT2D eigenvalue weighted by atomic mass is 35.5. The van der Waals surface area contributed by atoms with Gasteiger partial charge in [-0.2, -0.15) is 0 Å². The van der Waals surface area contributed by atoms with Crippen molar-refractivity contribution in [2.24, 2.45) is 0 Å². The topological polar surface area (TPSA) is 110 Å². The van der Waals surface area contributed by atoms with Crippen molar-refractivity contribution in [1.29, 1.82) is 0 Å². The minimum absolute atomic E-state index is 1.61.